The van der Waals surface area contributed by atoms with Crippen LogP contribution in [0.25, 0.3) is 11.1 Å². The summed E-state index contributed by atoms with van der Waals surface area (Å²) in [6, 6.07) is 11.1. The van der Waals surface area contributed by atoms with Crippen LogP contribution in [-0.2, 0) is 17.5 Å². The molecule has 10 nitrogen and oxygen atoms in total. The first-order chi connectivity index (χ1) is 16.9. The molecule has 0 aliphatic heterocycles. The molecule has 0 aliphatic carbocycles. The van der Waals surface area contributed by atoms with Gasteiger partial charge in [-0.05, 0) is 42.0 Å². The second kappa shape index (κ2) is 10.8. The molecule has 0 spiro atoms. The fraction of sp³-hybridized carbons (Fsp3) is 0.0870. The average molecular weight is 494 g/mol. The molecule has 3 heterocycles. The minimum Gasteiger partial charge on any atom is -0.305 e. The van der Waals surface area contributed by atoms with Gasteiger partial charge in [-0.2, -0.15) is 0 Å². The van der Waals surface area contributed by atoms with E-state index in [0.717, 1.165) is 17.2 Å². The van der Waals surface area contributed by atoms with Crippen LogP contribution in [0.5, 0.6) is 0 Å². The van der Waals surface area contributed by atoms with Gasteiger partial charge in [0.15, 0.2) is 5.82 Å². The number of aromatic nitrogens is 4. The fourth-order valence-electron chi connectivity index (χ4n) is 3.28. The molecule has 0 bridgehead atoms. The molecular formula is C23H20FN7O3S. The largest absolute Gasteiger partial charge is 0.305 e. The third kappa shape index (κ3) is 5.80. The van der Waals surface area contributed by atoms with Crippen molar-refractivity contribution < 1.29 is 18.6 Å². The normalized spacial score (nSPS) is 11.5. The van der Waals surface area contributed by atoms with E-state index in [0.29, 0.717) is 17.5 Å². The standard InChI is InChI=1S/C23H20FN7O3S/c1-35(34)30-20-5-4-17(12-28-20)15-6-7-26-21(11-15)31(22-13-25-8-9-27-22)14-18-3-2-16(10-19(18)24)23(32)29-33/h2-13,33H,14H2,1H3,(H,28,30)(H,29,32). The molecule has 1 atom stereocenters. The Morgan fingerprint density at radius 1 is 1.00 bits per heavy atom. The Morgan fingerprint density at radius 2 is 1.83 bits per heavy atom. The van der Waals surface area contributed by atoms with Gasteiger partial charge in [-0.15, -0.1) is 0 Å². The zero-order valence-corrected chi connectivity index (χ0v) is 19.2. The summed E-state index contributed by atoms with van der Waals surface area (Å²) in [4.78, 5) is 30.5. The summed E-state index contributed by atoms with van der Waals surface area (Å²) in [5, 5.41) is 8.79. The van der Waals surface area contributed by atoms with Crippen molar-refractivity contribution in [2.45, 2.75) is 6.54 Å². The molecule has 35 heavy (non-hydrogen) atoms. The molecule has 1 amide bonds. The Labute approximate surface area is 202 Å². The Kier molecular flexibility index (Phi) is 7.33. The van der Waals surface area contributed by atoms with Gasteiger partial charge in [0, 0.05) is 47.7 Å². The smallest absolute Gasteiger partial charge is 0.274 e. The fourth-order valence-corrected chi connectivity index (χ4v) is 3.69. The molecule has 1 unspecified atom stereocenters. The summed E-state index contributed by atoms with van der Waals surface area (Å²) < 4.78 is 28.9. The van der Waals surface area contributed by atoms with Gasteiger partial charge in [0.05, 0.1) is 12.7 Å². The van der Waals surface area contributed by atoms with Crippen LogP contribution in [0.2, 0.25) is 0 Å². The van der Waals surface area contributed by atoms with Crippen LogP contribution in [0.15, 0.2) is 73.4 Å². The highest BCUT2D eigenvalue weighted by Gasteiger charge is 2.17. The Hall–Kier alpha value is -4.29. The number of carbonyl (C=O) groups excluding carboxylic acids is 1. The van der Waals surface area contributed by atoms with Crippen LogP contribution in [0.1, 0.15) is 15.9 Å². The summed E-state index contributed by atoms with van der Waals surface area (Å²) in [6.45, 7) is 0.0470. The number of carbonyl (C=O) groups is 1. The van der Waals surface area contributed by atoms with Gasteiger partial charge in [0.1, 0.15) is 28.4 Å². The molecule has 0 saturated carbocycles. The molecule has 3 N–H and O–H groups in total. The highest BCUT2D eigenvalue weighted by atomic mass is 32.2. The summed E-state index contributed by atoms with van der Waals surface area (Å²) in [5.41, 5.74) is 3.35. The van der Waals surface area contributed by atoms with E-state index in [2.05, 4.69) is 24.7 Å². The van der Waals surface area contributed by atoms with E-state index in [1.54, 1.807) is 23.4 Å². The van der Waals surface area contributed by atoms with Crippen molar-refractivity contribution in [3.63, 3.8) is 0 Å². The third-order valence-electron chi connectivity index (χ3n) is 4.94. The monoisotopic (exact) mass is 493 g/mol. The minimum atomic E-state index is -1.23. The third-order valence-corrected chi connectivity index (χ3v) is 5.44. The van der Waals surface area contributed by atoms with Gasteiger partial charge in [-0.25, -0.2) is 29.0 Å². The maximum atomic E-state index is 14.8. The Balaban J connectivity index is 1.68. The lowest BCUT2D eigenvalue weighted by Crippen LogP contribution is -2.21. The molecule has 12 heteroatoms. The number of hydrogen-bond acceptors (Lipinski definition) is 8. The van der Waals surface area contributed by atoms with Crippen LogP contribution in [0.4, 0.5) is 21.8 Å². The molecule has 0 saturated heterocycles. The average Bonchev–Trinajstić information content (AvgIpc) is 2.88. The first-order valence-electron chi connectivity index (χ1n) is 10.2. The topological polar surface area (TPSA) is 133 Å². The first kappa shape index (κ1) is 23.9. The number of anilines is 3. The summed E-state index contributed by atoms with van der Waals surface area (Å²) in [5.74, 6) is -0.0283. The van der Waals surface area contributed by atoms with E-state index in [-0.39, 0.29) is 17.7 Å². The zero-order chi connectivity index (χ0) is 24.8. The van der Waals surface area contributed by atoms with Gasteiger partial charge in [-0.1, -0.05) is 6.07 Å². The van der Waals surface area contributed by atoms with Gasteiger partial charge in [0.25, 0.3) is 5.91 Å². The number of amides is 1. The lowest BCUT2D eigenvalue weighted by Gasteiger charge is -2.23. The van der Waals surface area contributed by atoms with Gasteiger partial charge >= 0.3 is 0 Å². The predicted molar refractivity (Wildman–Crippen MR) is 129 cm³/mol. The number of benzene rings is 1. The number of halogens is 1. The number of pyridine rings is 2. The predicted octanol–water partition coefficient (Wildman–Crippen LogP) is 3.24. The van der Waals surface area contributed by atoms with E-state index in [9.17, 15) is 13.4 Å². The minimum absolute atomic E-state index is 0.0164. The van der Waals surface area contributed by atoms with Gasteiger partial charge in [-0.3, -0.25) is 19.7 Å². The SMILES string of the molecule is CS(=O)Nc1ccc(-c2ccnc(N(Cc3ccc(C(=O)NO)cc3F)c3cnccn3)c2)cn1. The van der Waals surface area contributed by atoms with E-state index in [1.165, 1.54) is 42.5 Å². The number of hydroxylamine groups is 1. The number of hydrogen-bond donors (Lipinski definition) is 3. The molecule has 3 aromatic heterocycles. The maximum absolute atomic E-state index is 14.8. The second-order valence-electron chi connectivity index (χ2n) is 7.29. The molecule has 1 aromatic carbocycles. The number of nitrogens with one attached hydrogen (secondary N) is 2. The summed E-state index contributed by atoms with van der Waals surface area (Å²) in [7, 11) is -1.23. The van der Waals surface area contributed by atoms with E-state index < -0.39 is 22.7 Å². The van der Waals surface area contributed by atoms with Gasteiger partial charge < -0.3 is 4.90 Å². The van der Waals surface area contributed by atoms with Crippen molar-refractivity contribution in [1.82, 2.24) is 25.4 Å². The Morgan fingerprint density at radius 3 is 2.49 bits per heavy atom. The summed E-state index contributed by atoms with van der Waals surface area (Å²) >= 11 is 0. The van der Waals surface area contributed by atoms with Crippen molar-refractivity contribution in [1.29, 1.82) is 0 Å². The van der Waals surface area contributed by atoms with Crippen LogP contribution in [0.3, 0.4) is 0 Å². The quantitative estimate of drug-likeness (QED) is 0.252. The summed E-state index contributed by atoms with van der Waals surface area (Å²) in [6.07, 6.45) is 9.36. The number of nitrogens with zero attached hydrogens (tertiary/aromatic N) is 5. The molecule has 0 aliphatic rings. The highest BCUT2D eigenvalue weighted by Crippen LogP contribution is 2.29. The molecule has 0 radical (unpaired) electrons. The Bertz CT molecular complexity index is 1360. The number of rotatable bonds is 8. The van der Waals surface area contributed by atoms with Crippen molar-refractivity contribution in [3.05, 3.63) is 90.4 Å². The molecular weight excluding hydrogens is 473 g/mol. The van der Waals surface area contributed by atoms with Crippen molar-refractivity contribution in [2.75, 3.05) is 15.9 Å². The second-order valence-corrected chi connectivity index (χ2v) is 8.40. The highest BCUT2D eigenvalue weighted by molar-refractivity contribution is 7.85. The van der Waals surface area contributed by atoms with Crippen molar-refractivity contribution >= 4 is 34.3 Å². The molecule has 178 valence electrons. The van der Waals surface area contributed by atoms with E-state index in [4.69, 9.17) is 5.21 Å². The molecule has 4 aromatic rings. The van der Waals surface area contributed by atoms with Gasteiger partial charge in [0.2, 0.25) is 0 Å². The van der Waals surface area contributed by atoms with Crippen molar-refractivity contribution in [3.8, 4) is 11.1 Å². The lowest BCUT2D eigenvalue weighted by atomic mass is 10.1. The van der Waals surface area contributed by atoms with E-state index >= 15 is 0 Å². The van der Waals surface area contributed by atoms with Crippen molar-refractivity contribution in [2.24, 2.45) is 0 Å². The van der Waals surface area contributed by atoms with Crippen LogP contribution in [-0.4, -0.2) is 41.5 Å². The van der Waals surface area contributed by atoms with Crippen LogP contribution >= 0.6 is 0 Å². The molecule has 0 fully saturated rings. The first-order valence-corrected chi connectivity index (χ1v) is 11.8. The van der Waals surface area contributed by atoms with E-state index in [1.807, 2.05) is 18.2 Å². The maximum Gasteiger partial charge on any atom is 0.274 e. The van der Waals surface area contributed by atoms with Crippen LogP contribution in [0, 0.1) is 5.82 Å². The zero-order valence-electron chi connectivity index (χ0n) is 18.4. The lowest BCUT2D eigenvalue weighted by molar-refractivity contribution is 0.0706. The molecule has 4 rings (SSSR count). The van der Waals surface area contributed by atoms with Crippen LogP contribution < -0.4 is 15.1 Å².